The van der Waals surface area contributed by atoms with E-state index in [0.717, 1.165) is 5.56 Å². The van der Waals surface area contributed by atoms with Crippen molar-refractivity contribution in [3.8, 4) is 11.5 Å². The minimum absolute atomic E-state index is 0.179. The summed E-state index contributed by atoms with van der Waals surface area (Å²) in [6.45, 7) is 0.704. The van der Waals surface area contributed by atoms with E-state index in [9.17, 15) is 4.79 Å². The largest absolute Gasteiger partial charge is 0.457 e. The SMILES string of the molecule is COCc1ccc(C(=O)NCc2ccc(Oc3ccc(Cl)cc3)cc2)c(N)n1. The highest BCUT2D eigenvalue weighted by atomic mass is 35.5. The van der Waals surface area contributed by atoms with Crippen LogP contribution >= 0.6 is 11.6 Å². The number of anilines is 1. The number of rotatable bonds is 7. The number of nitrogens with one attached hydrogen (secondary N) is 1. The fraction of sp³-hybridized carbons (Fsp3) is 0.143. The quantitative estimate of drug-likeness (QED) is 0.624. The Kier molecular flexibility index (Phi) is 6.47. The third-order valence-electron chi connectivity index (χ3n) is 3.95. The molecule has 0 saturated carbocycles. The third kappa shape index (κ3) is 5.22. The second-order valence-corrected chi connectivity index (χ2v) is 6.49. The summed E-state index contributed by atoms with van der Waals surface area (Å²) in [6.07, 6.45) is 0. The molecule has 0 aliphatic carbocycles. The number of nitrogens with two attached hydrogens (primary N) is 1. The molecule has 1 amide bonds. The molecule has 1 heterocycles. The van der Waals surface area contributed by atoms with Crippen molar-refractivity contribution in [1.82, 2.24) is 10.3 Å². The van der Waals surface area contributed by atoms with Gasteiger partial charge in [0, 0.05) is 18.7 Å². The third-order valence-corrected chi connectivity index (χ3v) is 4.20. The van der Waals surface area contributed by atoms with Gasteiger partial charge in [0.15, 0.2) is 0 Å². The molecular weight excluding hydrogens is 378 g/mol. The summed E-state index contributed by atoms with van der Waals surface area (Å²) in [5.74, 6) is 1.29. The number of nitrogens with zero attached hydrogens (tertiary/aromatic N) is 1. The maximum atomic E-state index is 12.3. The number of carbonyl (C=O) groups is 1. The molecule has 0 spiro atoms. The Bertz CT molecular complexity index is 944. The first-order chi connectivity index (χ1) is 13.5. The lowest BCUT2D eigenvalue weighted by atomic mass is 10.2. The number of nitrogen functional groups attached to an aromatic ring is 1. The minimum Gasteiger partial charge on any atom is -0.457 e. The number of hydrogen-bond acceptors (Lipinski definition) is 5. The van der Waals surface area contributed by atoms with E-state index < -0.39 is 0 Å². The number of pyridine rings is 1. The molecule has 0 radical (unpaired) electrons. The van der Waals surface area contributed by atoms with Gasteiger partial charge in [-0.3, -0.25) is 4.79 Å². The molecule has 28 heavy (non-hydrogen) atoms. The predicted octanol–water partition coefficient (Wildman–Crippen LogP) is 4.19. The molecule has 3 N–H and O–H groups in total. The summed E-state index contributed by atoms with van der Waals surface area (Å²) in [6, 6.07) is 17.9. The highest BCUT2D eigenvalue weighted by Crippen LogP contribution is 2.23. The van der Waals surface area contributed by atoms with Crippen molar-refractivity contribution in [3.05, 3.63) is 82.5 Å². The first-order valence-electron chi connectivity index (χ1n) is 8.60. The van der Waals surface area contributed by atoms with E-state index >= 15 is 0 Å². The lowest BCUT2D eigenvalue weighted by Crippen LogP contribution is -2.24. The van der Waals surface area contributed by atoms with Crippen LogP contribution in [0.2, 0.25) is 5.02 Å². The molecule has 3 rings (SSSR count). The molecule has 0 aliphatic rings. The van der Waals surface area contributed by atoms with E-state index in [1.54, 1.807) is 43.5 Å². The zero-order valence-corrected chi connectivity index (χ0v) is 16.1. The molecule has 0 bridgehead atoms. The Morgan fingerprint density at radius 3 is 2.29 bits per heavy atom. The molecule has 0 fully saturated rings. The van der Waals surface area contributed by atoms with Crippen molar-refractivity contribution in [1.29, 1.82) is 0 Å². The van der Waals surface area contributed by atoms with E-state index in [0.29, 0.717) is 40.9 Å². The number of amides is 1. The maximum Gasteiger partial charge on any atom is 0.255 e. The van der Waals surface area contributed by atoms with Crippen LogP contribution in [0.15, 0.2) is 60.7 Å². The van der Waals surface area contributed by atoms with Crippen molar-refractivity contribution in [2.75, 3.05) is 12.8 Å². The van der Waals surface area contributed by atoms with Crippen molar-refractivity contribution in [3.63, 3.8) is 0 Å². The Labute approximate surface area is 168 Å². The molecule has 0 aliphatic heterocycles. The van der Waals surface area contributed by atoms with Crippen LogP contribution in [0.5, 0.6) is 11.5 Å². The molecule has 3 aromatic rings. The van der Waals surface area contributed by atoms with Crippen LogP contribution in [0.25, 0.3) is 0 Å². The molecule has 0 saturated heterocycles. The maximum absolute atomic E-state index is 12.3. The summed E-state index contributed by atoms with van der Waals surface area (Å²) in [5.41, 5.74) is 7.81. The molecule has 6 nitrogen and oxygen atoms in total. The number of ether oxygens (including phenoxy) is 2. The average molecular weight is 398 g/mol. The summed E-state index contributed by atoms with van der Waals surface area (Å²) >= 11 is 5.86. The molecule has 0 atom stereocenters. The standard InChI is InChI=1S/C21H20ClN3O3/c1-27-13-16-6-11-19(20(23)25-16)21(26)24-12-14-2-7-17(8-3-14)28-18-9-4-15(22)5-10-18/h2-11H,12-13H2,1H3,(H2,23,25)(H,24,26). The summed E-state index contributed by atoms with van der Waals surface area (Å²) in [5, 5.41) is 3.49. The van der Waals surface area contributed by atoms with Gasteiger partial charge in [0.25, 0.3) is 5.91 Å². The van der Waals surface area contributed by atoms with Gasteiger partial charge >= 0.3 is 0 Å². The minimum atomic E-state index is -0.282. The first kappa shape index (κ1) is 19.7. The fourth-order valence-electron chi connectivity index (χ4n) is 2.53. The van der Waals surface area contributed by atoms with E-state index in [1.807, 2.05) is 24.3 Å². The molecule has 1 aromatic heterocycles. The Balaban J connectivity index is 1.57. The van der Waals surface area contributed by atoms with Crippen LogP contribution < -0.4 is 15.8 Å². The monoisotopic (exact) mass is 397 g/mol. The van der Waals surface area contributed by atoms with Gasteiger partial charge in [-0.2, -0.15) is 0 Å². The Hall–Kier alpha value is -3.09. The van der Waals surface area contributed by atoms with Gasteiger partial charge in [-0.25, -0.2) is 4.98 Å². The van der Waals surface area contributed by atoms with Crippen LogP contribution in [0, 0.1) is 0 Å². The lowest BCUT2D eigenvalue weighted by Gasteiger charge is -2.10. The van der Waals surface area contributed by atoms with Crippen molar-refractivity contribution in [2.24, 2.45) is 0 Å². The average Bonchev–Trinajstić information content (AvgIpc) is 2.69. The Morgan fingerprint density at radius 2 is 1.68 bits per heavy atom. The van der Waals surface area contributed by atoms with Crippen molar-refractivity contribution >= 4 is 23.3 Å². The van der Waals surface area contributed by atoms with Crippen molar-refractivity contribution < 1.29 is 14.3 Å². The molecule has 0 unspecified atom stereocenters. The van der Waals surface area contributed by atoms with Gasteiger partial charge in [-0.05, 0) is 54.1 Å². The van der Waals surface area contributed by atoms with Crippen LogP contribution in [-0.4, -0.2) is 18.0 Å². The Morgan fingerprint density at radius 1 is 1.04 bits per heavy atom. The fourth-order valence-corrected chi connectivity index (χ4v) is 2.66. The number of halogens is 1. The molecule has 144 valence electrons. The van der Waals surface area contributed by atoms with Crippen molar-refractivity contribution in [2.45, 2.75) is 13.2 Å². The normalized spacial score (nSPS) is 10.5. The second-order valence-electron chi connectivity index (χ2n) is 6.05. The molecular formula is C21H20ClN3O3. The van der Waals surface area contributed by atoms with Gasteiger partial charge in [0.1, 0.15) is 17.3 Å². The summed E-state index contributed by atoms with van der Waals surface area (Å²) in [7, 11) is 1.57. The van der Waals surface area contributed by atoms with E-state index in [-0.39, 0.29) is 11.7 Å². The van der Waals surface area contributed by atoms with Crippen LogP contribution in [0.3, 0.4) is 0 Å². The van der Waals surface area contributed by atoms with Gasteiger partial charge in [-0.15, -0.1) is 0 Å². The summed E-state index contributed by atoms with van der Waals surface area (Å²) < 4.78 is 10.8. The lowest BCUT2D eigenvalue weighted by molar-refractivity contribution is 0.0951. The summed E-state index contributed by atoms with van der Waals surface area (Å²) in [4.78, 5) is 16.5. The first-order valence-corrected chi connectivity index (χ1v) is 8.98. The zero-order chi connectivity index (χ0) is 19.9. The number of aromatic nitrogens is 1. The van der Waals surface area contributed by atoms with Crippen LogP contribution in [-0.2, 0) is 17.9 Å². The van der Waals surface area contributed by atoms with Crippen LogP contribution in [0.1, 0.15) is 21.6 Å². The topological polar surface area (TPSA) is 86.5 Å². The highest BCUT2D eigenvalue weighted by Gasteiger charge is 2.11. The number of hydrogen-bond donors (Lipinski definition) is 2. The van der Waals surface area contributed by atoms with Gasteiger partial charge in [-0.1, -0.05) is 23.7 Å². The van der Waals surface area contributed by atoms with E-state index in [2.05, 4.69) is 10.3 Å². The predicted molar refractivity (Wildman–Crippen MR) is 109 cm³/mol. The number of benzene rings is 2. The molecule has 2 aromatic carbocycles. The van der Waals surface area contributed by atoms with E-state index in [4.69, 9.17) is 26.8 Å². The van der Waals surface area contributed by atoms with Gasteiger partial charge in [0.05, 0.1) is 17.9 Å². The number of carbonyl (C=O) groups excluding carboxylic acids is 1. The zero-order valence-electron chi connectivity index (χ0n) is 15.3. The highest BCUT2D eigenvalue weighted by molar-refractivity contribution is 6.30. The van der Waals surface area contributed by atoms with E-state index in [1.165, 1.54) is 0 Å². The van der Waals surface area contributed by atoms with Gasteiger partial charge in [0.2, 0.25) is 0 Å². The smallest absolute Gasteiger partial charge is 0.255 e. The second kappa shape index (κ2) is 9.21. The van der Waals surface area contributed by atoms with Gasteiger partial charge < -0.3 is 20.5 Å². The number of methoxy groups -OCH3 is 1. The van der Waals surface area contributed by atoms with Crippen LogP contribution in [0.4, 0.5) is 5.82 Å². The molecule has 7 heteroatoms.